The summed E-state index contributed by atoms with van der Waals surface area (Å²) in [5.74, 6) is 0.818. The highest BCUT2D eigenvalue weighted by molar-refractivity contribution is 9.10. The average Bonchev–Trinajstić information content (AvgIpc) is 2.30. The van der Waals surface area contributed by atoms with Crippen LogP contribution in [-0.4, -0.2) is 0 Å². The van der Waals surface area contributed by atoms with Crippen LogP contribution in [0.2, 0.25) is 10.0 Å². The van der Waals surface area contributed by atoms with Gasteiger partial charge in [-0.25, -0.2) is 0 Å². The molecular weight excluding hydrogens is 335 g/mol. The number of hydrogen-bond acceptors (Lipinski definition) is 1. The van der Waals surface area contributed by atoms with Crippen LogP contribution in [0.1, 0.15) is 11.1 Å². The van der Waals surface area contributed by atoms with Crippen molar-refractivity contribution in [3.8, 4) is 5.75 Å². The van der Waals surface area contributed by atoms with Crippen molar-refractivity contribution in [3.05, 3.63) is 62.0 Å². The number of rotatable bonds is 3. The fourth-order valence-corrected chi connectivity index (χ4v) is 2.52. The molecule has 0 N–H and O–H groups in total. The Balaban J connectivity index is 2.11. The first-order chi connectivity index (χ1) is 8.56. The van der Waals surface area contributed by atoms with Gasteiger partial charge in [-0.3, -0.25) is 0 Å². The summed E-state index contributed by atoms with van der Waals surface area (Å²) in [6, 6.07) is 11.3. The van der Waals surface area contributed by atoms with Gasteiger partial charge in [-0.1, -0.05) is 45.2 Å². The Morgan fingerprint density at radius 2 is 1.89 bits per heavy atom. The quantitative estimate of drug-likeness (QED) is 0.699. The zero-order valence-corrected chi connectivity index (χ0v) is 12.8. The van der Waals surface area contributed by atoms with E-state index in [-0.39, 0.29) is 0 Å². The summed E-state index contributed by atoms with van der Waals surface area (Å²) in [6.45, 7) is 2.40. The highest BCUT2D eigenvalue weighted by Gasteiger charge is 2.04. The van der Waals surface area contributed by atoms with Crippen molar-refractivity contribution in [3.63, 3.8) is 0 Å². The first-order valence-corrected chi connectivity index (χ1v) is 6.94. The fourth-order valence-electron chi connectivity index (χ4n) is 1.57. The predicted octanol–water partition coefficient (Wildman–Crippen LogP) is 5.64. The molecule has 0 aliphatic heterocycles. The Bertz CT molecular complexity index is 518. The molecule has 0 atom stereocenters. The lowest BCUT2D eigenvalue weighted by molar-refractivity contribution is 0.304. The van der Waals surface area contributed by atoms with Crippen LogP contribution >= 0.6 is 39.1 Å². The topological polar surface area (TPSA) is 9.23 Å². The maximum absolute atomic E-state index is 6.13. The van der Waals surface area contributed by atoms with Crippen molar-refractivity contribution in [2.75, 3.05) is 0 Å². The van der Waals surface area contributed by atoms with Gasteiger partial charge in [0.25, 0.3) is 0 Å². The van der Waals surface area contributed by atoms with Crippen LogP contribution in [0.3, 0.4) is 0 Å². The van der Waals surface area contributed by atoms with Gasteiger partial charge in [0.05, 0.1) is 0 Å². The Kier molecular flexibility index (Phi) is 4.55. The molecule has 2 aromatic rings. The van der Waals surface area contributed by atoms with Gasteiger partial charge in [0.1, 0.15) is 12.4 Å². The molecule has 18 heavy (non-hydrogen) atoms. The molecule has 0 bridgehead atoms. The van der Waals surface area contributed by atoms with Crippen LogP contribution in [-0.2, 0) is 6.61 Å². The van der Waals surface area contributed by atoms with Crippen molar-refractivity contribution in [2.24, 2.45) is 0 Å². The minimum absolute atomic E-state index is 0.439. The second-order valence-electron chi connectivity index (χ2n) is 3.93. The van der Waals surface area contributed by atoms with Crippen molar-refractivity contribution >= 4 is 39.1 Å². The van der Waals surface area contributed by atoms with E-state index in [2.05, 4.69) is 15.9 Å². The van der Waals surface area contributed by atoms with Gasteiger partial charge in [0, 0.05) is 20.1 Å². The fraction of sp³-hybridized carbons (Fsp3) is 0.143. The van der Waals surface area contributed by atoms with Crippen molar-refractivity contribution in [1.29, 1.82) is 0 Å². The maximum atomic E-state index is 6.13. The largest absolute Gasteiger partial charge is 0.489 e. The van der Waals surface area contributed by atoms with Gasteiger partial charge in [-0.15, -0.1) is 0 Å². The van der Waals surface area contributed by atoms with Crippen LogP contribution in [0.25, 0.3) is 0 Å². The molecule has 0 unspecified atom stereocenters. The Labute approximate surface area is 125 Å². The van der Waals surface area contributed by atoms with E-state index in [9.17, 15) is 0 Å². The molecule has 0 spiro atoms. The second kappa shape index (κ2) is 5.96. The molecule has 0 saturated carbocycles. The molecule has 2 aromatic carbocycles. The SMILES string of the molecule is Cc1cc(Cl)ccc1OCc1ccc(Br)cc1Cl. The molecule has 0 amide bonds. The zero-order chi connectivity index (χ0) is 13.1. The van der Waals surface area contributed by atoms with E-state index in [0.29, 0.717) is 16.7 Å². The van der Waals surface area contributed by atoms with E-state index in [1.165, 1.54) is 0 Å². The van der Waals surface area contributed by atoms with Gasteiger partial charge in [-0.2, -0.15) is 0 Å². The lowest BCUT2D eigenvalue weighted by Crippen LogP contribution is -1.97. The Morgan fingerprint density at radius 1 is 1.11 bits per heavy atom. The molecule has 94 valence electrons. The van der Waals surface area contributed by atoms with Gasteiger partial charge in [0.2, 0.25) is 0 Å². The third kappa shape index (κ3) is 3.41. The third-order valence-electron chi connectivity index (χ3n) is 2.54. The van der Waals surface area contributed by atoms with Gasteiger partial charge < -0.3 is 4.74 Å². The molecule has 0 aliphatic rings. The highest BCUT2D eigenvalue weighted by Crippen LogP contribution is 2.25. The van der Waals surface area contributed by atoms with Crippen molar-refractivity contribution < 1.29 is 4.74 Å². The number of ether oxygens (including phenoxy) is 1. The summed E-state index contributed by atoms with van der Waals surface area (Å²) < 4.78 is 6.70. The summed E-state index contributed by atoms with van der Waals surface area (Å²) in [5.41, 5.74) is 1.96. The normalized spacial score (nSPS) is 10.4. The number of halogens is 3. The number of hydrogen-bond donors (Lipinski definition) is 0. The molecule has 2 rings (SSSR count). The Morgan fingerprint density at radius 3 is 2.56 bits per heavy atom. The van der Waals surface area contributed by atoms with Gasteiger partial charge >= 0.3 is 0 Å². The second-order valence-corrected chi connectivity index (χ2v) is 5.69. The zero-order valence-electron chi connectivity index (χ0n) is 9.71. The van der Waals surface area contributed by atoms with E-state index in [4.69, 9.17) is 27.9 Å². The maximum Gasteiger partial charge on any atom is 0.122 e. The minimum atomic E-state index is 0.439. The van der Waals surface area contributed by atoms with Gasteiger partial charge in [0.15, 0.2) is 0 Å². The lowest BCUT2D eigenvalue weighted by atomic mass is 10.2. The molecule has 0 saturated heterocycles. The van der Waals surface area contributed by atoms with Crippen LogP contribution < -0.4 is 4.74 Å². The number of aryl methyl sites for hydroxylation is 1. The molecular formula is C14H11BrCl2O. The van der Waals surface area contributed by atoms with E-state index in [0.717, 1.165) is 21.3 Å². The van der Waals surface area contributed by atoms with Crippen molar-refractivity contribution in [1.82, 2.24) is 0 Å². The first kappa shape index (κ1) is 13.7. The smallest absolute Gasteiger partial charge is 0.122 e. The molecule has 1 nitrogen and oxygen atoms in total. The first-order valence-electron chi connectivity index (χ1n) is 5.39. The molecule has 0 aromatic heterocycles. The summed E-state index contributed by atoms with van der Waals surface area (Å²) >= 11 is 15.4. The summed E-state index contributed by atoms with van der Waals surface area (Å²) in [4.78, 5) is 0. The van der Waals surface area contributed by atoms with E-state index in [1.54, 1.807) is 0 Å². The standard InChI is InChI=1S/C14H11BrCl2O/c1-9-6-12(16)4-5-14(9)18-8-10-2-3-11(15)7-13(10)17/h2-7H,8H2,1H3. The third-order valence-corrected chi connectivity index (χ3v) is 3.62. The highest BCUT2D eigenvalue weighted by atomic mass is 79.9. The lowest BCUT2D eigenvalue weighted by Gasteiger charge is -2.10. The van der Waals surface area contributed by atoms with E-state index in [1.807, 2.05) is 43.3 Å². The molecule has 0 fully saturated rings. The van der Waals surface area contributed by atoms with Crippen LogP contribution in [0.15, 0.2) is 40.9 Å². The predicted molar refractivity (Wildman–Crippen MR) is 79.7 cm³/mol. The van der Waals surface area contributed by atoms with Crippen LogP contribution in [0.4, 0.5) is 0 Å². The summed E-state index contributed by atoms with van der Waals surface area (Å²) in [5, 5.41) is 1.40. The minimum Gasteiger partial charge on any atom is -0.489 e. The Hall–Kier alpha value is -0.700. The summed E-state index contributed by atoms with van der Waals surface area (Å²) in [6.07, 6.45) is 0. The monoisotopic (exact) mass is 344 g/mol. The van der Waals surface area contributed by atoms with Crippen LogP contribution in [0.5, 0.6) is 5.75 Å². The average molecular weight is 346 g/mol. The van der Waals surface area contributed by atoms with E-state index >= 15 is 0 Å². The molecule has 4 heteroatoms. The van der Waals surface area contributed by atoms with Crippen molar-refractivity contribution in [2.45, 2.75) is 13.5 Å². The van der Waals surface area contributed by atoms with Crippen LogP contribution in [0, 0.1) is 6.92 Å². The molecule has 0 aliphatic carbocycles. The summed E-state index contributed by atoms with van der Waals surface area (Å²) in [7, 11) is 0. The van der Waals surface area contributed by atoms with E-state index < -0.39 is 0 Å². The molecule has 0 radical (unpaired) electrons. The number of benzene rings is 2. The molecule has 0 heterocycles. The van der Waals surface area contributed by atoms with Gasteiger partial charge in [-0.05, 0) is 42.8 Å².